The van der Waals surface area contributed by atoms with Crippen molar-refractivity contribution in [3.05, 3.63) is 60.3 Å². The van der Waals surface area contributed by atoms with E-state index in [0.717, 1.165) is 0 Å². The van der Waals surface area contributed by atoms with Crippen LogP contribution in [0.4, 0.5) is 0 Å². The minimum atomic E-state index is -0.0613. The van der Waals surface area contributed by atoms with E-state index < -0.39 is 0 Å². The predicted octanol–water partition coefficient (Wildman–Crippen LogP) is 2.57. The van der Waals surface area contributed by atoms with Crippen LogP contribution in [-0.4, -0.2) is 10.8 Å². The first-order chi connectivity index (χ1) is 7.36. The summed E-state index contributed by atoms with van der Waals surface area (Å²) in [6, 6.07) is 9.05. The number of allylic oxidation sites excluding steroid dienone is 1. The van der Waals surface area contributed by atoms with Crippen molar-refractivity contribution in [2.75, 3.05) is 0 Å². The zero-order chi connectivity index (χ0) is 10.5. The van der Waals surface area contributed by atoms with E-state index in [2.05, 4.69) is 4.98 Å². The highest BCUT2D eigenvalue weighted by atomic mass is 16.3. The predicted molar refractivity (Wildman–Crippen MR) is 56.3 cm³/mol. The first-order valence-corrected chi connectivity index (χ1v) is 4.53. The van der Waals surface area contributed by atoms with Crippen LogP contribution in [0.25, 0.3) is 6.08 Å². The summed E-state index contributed by atoms with van der Waals surface area (Å²) in [5.74, 6) is 0.369. The second-order valence-electron chi connectivity index (χ2n) is 2.93. The fourth-order valence-corrected chi connectivity index (χ4v) is 1.16. The van der Waals surface area contributed by atoms with E-state index >= 15 is 0 Å². The Morgan fingerprint density at radius 1 is 1.27 bits per heavy atom. The molecule has 0 aliphatic carbocycles. The van der Waals surface area contributed by atoms with E-state index in [0.29, 0.717) is 11.5 Å². The van der Waals surface area contributed by atoms with Gasteiger partial charge in [0.25, 0.3) is 0 Å². The molecule has 0 saturated heterocycles. The third kappa shape index (κ3) is 2.40. The normalized spacial score (nSPS) is 10.7. The molecular weight excluding hydrogens is 190 g/mol. The molecule has 0 unspecified atom stereocenters. The molecule has 3 heteroatoms. The van der Waals surface area contributed by atoms with Gasteiger partial charge in [0.05, 0.1) is 6.20 Å². The number of benzene rings is 1. The van der Waals surface area contributed by atoms with Crippen LogP contribution in [0.5, 0.6) is 0 Å². The lowest BCUT2D eigenvalue weighted by Gasteiger charge is -1.92. The molecule has 0 N–H and O–H groups in total. The van der Waals surface area contributed by atoms with E-state index in [9.17, 15) is 4.79 Å². The zero-order valence-electron chi connectivity index (χ0n) is 7.96. The molecular formula is C12H9NO2. The summed E-state index contributed by atoms with van der Waals surface area (Å²) in [5.41, 5.74) is 0.653. The van der Waals surface area contributed by atoms with Crippen LogP contribution in [0.2, 0.25) is 0 Å². The summed E-state index contributed by atoms with van der Waals surface area (Å²) in [4.78, 5) is 15.5. The van der Waals surface area contributed by atoms with Crippen molar-refractivity contribution in [2.45, 2.75) is 0 Å². The van der Waals surface area contributed by atoms with Crippen LogP contribution in [-0.2, 0) is 0 Å². The monoisotopic (exact) mass is 199 g/mol. The van der Waals surface area contributed by atoms with E-state index in [1.807, 2.05) is 18.2 Å². The fraction of sp³-hybridized carbons (Fsp3) is 0. The van der Waals surface area contributed by atoms with Gasteiger partial charge in [0.2, 0.25) is 5.89 Å². The molecule has 0 radical (unpaired) electrons. The van der Waals surface area contributed by atoms with Gasteiger partial charge in [0.1, 0.15) is 6.26 Å². The smallest absolute Gasteiger partial charge is 0.218 e. The molecule has 0 bridgehead atoms. The summed E-state index contributed by atoms with van der Waals surface area (Å²) in [6.07, 6.45) is 6.00. The molecule has 0 aliphatic heterocycles. The van der Waals surface area contributed by atoms with Crippen molar-refractivity contribution >= 4 is 11.9 Å². The second kappa shape index (κ2) is 4.37. The lowest BCUT2D eigenvalue weighted by molar-refractivity contribution is 0.104. The maximum atomic E-state index is 11.6. The largest absolute Gasteiger partial charge is 0.445 e. The van der Waals surface area contributed by atoms with Gasteiger partial charge in [-0.15, -0.1) is 0 Å². The Morgan fingerprint density at radius 3 is 2.73 bits per heavy atom. The molecule has 1 aromatic heterocycles. The first-order valence-electron chi connectivity index (χ1n) is 4.53. The quantitative estimate of drug-likeness (QED) is 0.563. The van der Waals surface area contributed by atoms with Crippen molar-refractivity contribution in [1.29, 1.82) is 0 Å². The number of carbonyl (C=O) groups is 1. The van der Waals surface area contributed by atoms with Crippen molar-refractivity contribution in [2.24, 2.45) is 0 Å². The Bertz CT molecular complexity index is 458. The number of nitrogens with zero attached hydrogens (tertiary/aromatic N) is 1. The van der Waals surface area contributed by atoms with Crippen LogP contribution in [0, 0.1) is 0 Å². The first kappa shape index (κ1) is 9.40. The minimum absolute atomic E-state index is 0.0613. The highest BCUT2D eigenvalue weighted by Crippen LogP contribution is 2.03. The molecule has 0 fully saturated rings. The molecule has 0 saturated carbocycles. The Kier molecular flexibility index (Phi) is 2.74. The highest BCUT2D eigenvalue weighted by molar-refractivity contribution is 6.06. The average Bonchev–Trinajstić information content (AvgIpc) is 2.80. The third-order valence-electron chi connectivity index (χ3n) is 1.89. The molecule has 2 rings (SSSR count). The SMILES string of the molecule is O=C(/C=C/c1ncco1)c1ccccc1. The van der Waals surface area contributed by atoms with Gasteiger partial charge < -0.3 is 4.42 Å². The standard InChI is InChI=1S/C12H9NO2/c14-11(10-4-2-1-3-5-10)6-7-12-13-8-9-15-12/h1-9H/b7-6+. The number of hydrogen-bond donors (Lipinski definition) is 0. The number of hydrogen-bond acceptors (Lipinski definition) is 3. The Balaban J connectivity index is 2.11. The maximum absolute atomic E-state index is 11.6. The van der Waals surface area contributed by atoms with E-state index in [-0.39, 0.29) is 5.78 Å². The van der Waals surface area contributed by atoms with Gasteiger partial charge >= 0.3 is 0 Å². The fourth-order valence-electron chi connectivity index (χ4n) is 1.16. The molecule has 2 aromatic rings. The van der Waals surface area contributed by atoms with E-state index in [4.69, 9.17) is 4.42 Å². The Labute approximate surface area is 87.1 Å². The molecule has 1 aromatic carbocycles. The van der Waals surface area contributed by atoms with Gasteiger partial charge in [-0.3, -0.25) is 4.79 Å². The van der Waals surface area contributed by atoms with Gasteiger partial charge in [0, 0.05) is 11.6 Å². The van der Waals surface area contributed by atoms with Gasteiger partial charge in [-0.1, -0.05) is 30.3 Å². The number of aromatic nitrogens is 1. The number of oxazole rings is 1. The van der Waals surface area contributed by atoms with E-state index in [1.165, 1.54) is 18.5 Å². The molecule has 0 spiro atoms. The summed E-state index contributed by atoms with van der Waals surface area (Å²) >= 11 is 0. The molecule has 0 aliphatic rings. The highest BCUT2D eigenvalue weighted by Gasteiger charge is 1.99. The number of rotatable bonds is 3. The van der Waals surface area contributed by atoms with Crippen molar-refractivity contribution in [3.8, 4) is 0 Å². The zero-order valence-corrected chi connectivity index (χ0v) is 7.96. The molecule has 74 valence electrons. The summed E-state index contributed by atoms with van der Waals surface area (Å²) in [7, 11) is 0. The second-order valence-corrected chi connectivity index (χ2v) is 2.93. The molecule has 15 heavy (non-hydrogen) atoms. The van der Waals surface area contributed by atoms with E-state index in [1.54, 1.807) is 18.2 Å². The third-order valence-corrected chi connectivity index (χ3v) is 1.89. The van der Waals surface area contributed by atoms with Gasteiger partial charge in [-0.2, -0.15) is 0 Å². The summed E-state index contributed by atoms with van der Waals surface area (Å²) in [5, 5.41) is 0. The number of carbonyl (C=O) groups excluding carboxylic acids is 1. The van der Waals surface area contributed by atoms with Gasteiger partial charge in [-0.05, 0) is 6.08 Å². The molecule has 3 nitrogen and oxygen atoms in total. The molecule has 1 heterocycles. The lowest BCUT2D eigenvalue weighted by Crippen LogP contribution is -1.92. The number of ketones is 1. The summed E-state index contributed by atoms with van der Waals surface area (Å²) in [6.45, 7) is 0. The van der Waals surface area contributed by atoms with Crippen LogP contribution in [0.15, 0.2) is 53.3 Å². The lowest BCUT2D eigenvalue weighted by atomic mass is 10.1. The van der Waals surface area contributed by atoms with Crippen molar-refractivity contribution in [3.63, 3.8) is 0 Å². The van der Waals surface area contributed by atoms with Crippen LogP contribution < -0.4 is 0 Å². The van der Waals surface area contributed by atoms with Crippen LogP contribution in [0.1, 0.15) is 16.2 Å². The average molecular weight is 199 g/mol. The minimum Gasteiger partial charge on any atom is -0.445 e. The van der Waals surface area contributed by atoms with Crippen LogP contribution >= 0.6 is 0 Å². The maximum Gasteiger partial charge on any atom is 0.218 e. The Hall–Kier alpha value is -2.16. The van der Waals surface area contributed by atoms with Crippen molar-refractivity contribution in [1.82, 2.24) is 4.98 Å². The van der Waals surface area contributed by atoms with Gasteiger partial charge in [-0.25, -0.2) is 4.98 Å². The van der Waals surface area contributed by atoms with Crippen LogP contribution in [0.3, 0.4) is 0 Å². The van der Waals surface area contributed by atoms with Gasteiger partial charge in [0.15, 0.2) is 5.78 Å². The topological polar surface area (TPSA) is 43.1 Å². The Morgan fingerprint density at radius 2 is 2.07 bits per heavy atom. The molecule has 0 atom stereocenters. The molecule has 0 amide bonds. The van der Waals surface area contributed by atoms with Crippen molar-refractivity contribution < 1.29 is 9.21 Å². The summed E-state index contributed by atoms with van der Waals surface area (Å²) < 4.78 is 4.97.